The van der Waals surface area contributed by atoms with Crippen LogP contribution in [-0.4, -0.2) is 19.1 Å². The van der Waals surface area contributed by atoms with Gasteiger partial charge in [-0.05, 0) is 53.4 Å². The van der Waals surface area contributed by atoms with Crippen LogP contribution < -0.4 is 20.4 Å². The Morgan fingerprint density at radius 2 is 1.68 bits per heavy atom. The maximum Gasteiger partial charge on any atom is 0.344 e. The van der Waals surface area contributed by atoms with Gasteiger partial charge in [-0.25, -0.2) is 4.79 Å². The third-order valence-electron chi connectivity index (χ3n) is 6.24. The van der Waals surface area contributed by atoms with Crippen LogP contribution in [0.3, 0.4) is 0 Å². The molecule has 5 rings (SSSR count). The molecule has 0 unspecified atom stereocenters. The lowest BCUT2D eigenvalue weighted by Crippen LogP contribution is -2.35. The molecule has 0 bridgehead atoms. The number of hydrogen-bond donors (Lipinski definition) is 1. The number of rotatable bonds is 5. The molecule has 0 radical (unpaired) electrons. The lowest BCUT2D eigenvalue weighted by atomic mass is 9.87. The summed E-state index contributed by atoms with van der Waals surface area (Å²) >= 11 is 0. The van der Waals surface area contributed by atoms with E-state index in [1.807, 2.05) is 36.4 Å². The van der Waals surface area contributed by atoms with E-state index in [-0.39, 0.29) is 5.91 Å². The first-order chi connectivity index (χ1) is 16.5. The van der Waals surface area contributed by atoms with Gasteiger partial charge in [-0.1, -0.05) is 50.2 Å². The second kappa shape index (κ2) is 8.71. The Bertz CT molecular complexity index is 1400. The minimum atomic E-state index is -0.935. The van der Waals surface area contributed by atoms with Crippen molar-refractivity contribution in [1.29, 1.82) is 0 Å². The van der Waals surface area contributed by atoms with E-state index in [9.17, 15) is 9.59 Å². The monoisotopic (exact) mass is 455 g/mol. The summed E-state index contributed by atoms with van der Waals surface area (Å²) in [5.41, 5.74) is 2.90. The van der Waals surface area contributed by atoms with Crippen LogP contribution in [0.5, 0.6) is 11.5 Å². The van der Waals surface area contributed by atoms with Gasteiger partial charge in [-0.15, -0.1) is 0 Å². The van der Waals surface area contributed by atoms with Crippen molar-refractivity contribution in [3.63, 3.8) is 0 Å². The molecule has 2 heterocycles. The van der Waals surface area contributed by atoms with Gasteiger partial charge in [-0.2, -0.15) is 0 Å². The van der Waals surface area contributed by atoms with Crippen LogP contribution in [0.25, 0.3) is 11.0 Å². The smallest absolute Gasteiger partial charge is 0.344 e. The number of benzene rings is 3. The summed E-state index contributed by atoms with van der Waals surface area (Å²) in [6, 6.07) is 22.2. The molecule has 2 atom stereocenters. The van der Waals surface area contributed by atoms with Crippen molar-refractivity contribution in [3.8, 4) is 11.5 Å². The fourth-order valence-corrected chi connectivity index (χ4v) is 4.40. The first-order valence-electron chi connectivity index (χ1n) is 11.2. The van der Waals surface area contributed by atoms with Crippen molar-refractivity contribution in [2.75, 3.05) is 12.4 Å². The standard InChI is InChI=1S/C28H25NO5/c1-16(2)17-8-10-18(11-9-17)23-24-25(21-6-4-5-7-22(21)33-28(24)31)34-26(23)27(30)29-19-12-14-20(32-3)15-13-19/h4-16,23,26H,1-3H3,(H,29,30)/t23-,26+/m0/s1. The van der Waals surface area contributed by atoms with Crippen molar-refractivity contribution < 1.29 is 18.7 Å². The van der Waals surface area contributed by atoms with Gasteiger partial charge in [-0.3, -0.25) is 4.79 Å². The van der Waals surface area contributed by atoms with Crippen LogP contribution >= 0.6 is 0 Å². The van der Waals surface area contributed by atoms with Crippen LogP contribution in [0.2, 0.25) is 0 Å². The molecular weight excluding hydrogens is 430 g/mol. The van der Waals surface area contributed by atoms with E-state index in [1.165, 1.54) is 5.56 Å². The predicted molar refractivity (Wildman–Crippen MR) is 131 cm³/mol. The molecule has 1 N–H and O–H groups in total. The molecule has 1 aliphatic rings. The highest BCUT2D eigenvalue weighted by molar-refractivity contribution is 5.97. The summed E-state index contributed by atoms with van der Waals surface area (Å²) < 4.78 is 17.0. The Balaban J connectivity index is 1.59. The number of hydrogen-bond acceptors (Lipinski definition) is 5. The highest BCUT2D eigenvalue weighted by atomic mass is 16.5. The summed E-state index contributed by atoms with van der Waals surface area (Å²) in [4.78, 5) is 26.5. The van der Waals surface area contributed by atoms with Crippen molar-refractivity contribution in [2.45, 2.75) is 31.8 Å². The molecule has 6 nitrogen and oxygen atoms in total. The molecule has 4 aromatic rings. The van der Waals surface area contributed by atoms with Gasteiger partial charge in [0.1, 0.15) is 17.1 Å². The molecule has 0 fully saturated rings. The molecule has 34 heavy (non-hydrogen) atoms. The number of amides is 1. The van der Waals surface area contributed by atoms with Crippen LogP contribution in [-0.2, 0) is 4.79 Å². The quantitative estimate of drug-likeness (QED) is 0.405. The predicted octanol–water partition coefficient (Wildman–Crippen LogP) is 5.46. The van der Waals surface area contributed by atoms with E-state index in [4.69, 9.17) is 13.9 Å². The number of carbonyl (C=O) groups is 1. The maximum atomic E-state index is 13.4. The Labute approximate surface area is 197 Å². The van der Waals surface area contributed by atoms with Crippen LogP contribution in [0.4, 0.5) is 5.69 Å². The summed E-state index contributed by atoms with van der Waals surface area (Å²) in [6.45, 7) is 4.24. The first-order valence-corrected chi connectivity index (χ1v) is 11.2. The zero-order valence-corrected chi connectivity index (χ0v) is 19.2. The summed E-state index contributed by atoms with van der Waals surface area (Å²) in [5.74, 6) is 0.511. The molecule has 1 aliphatic heterocycles. The van der Waals surface area contributed by atoms with Gasteiger partial charge >= 0.3 is 5.63 Å². The van der Waals surface area contributed by atoms with Gasteiger partial charge in [0.25, 0.3) is 5.91 Å². The minimum absolute atomic E-state index is 0.345. The molecular formula is C28H25NO5. The average molecular weight is 456 g/mol. The largest absolute Gasteiger partial charge is 0.497 e. The third-order valence-corrected chi connectivity index (χ3v) is 6.24. The normalized spacial score (nSPS) is 16.8. The number of ether oxygens (including phenoxy) is 2. The van der Waals surface area contributed by atoms with Crippen LogP contribution in [0.15, 0.2) is 82.0 Å². The van der Waals surface area contributed by atoms with Gasteiger partial charge in [0, 0.05) is 5.69 Å². The number of para-hydroxylation sites is 1. The molecule has 0 aliphatic carbocycles. The van der Waals surface area contributed by atoms with Gasteiger partial charge < -0.3 is 19.2 Å². The molecule has 3 aromatic carbocycles. The van der Waals surface area contributed by atoms with Crippen molar-refractivity contribution in [3.05, 3.63) is 99.9 Å². The zero-order chi connectivity index (χ0) is 23.8. The third kappa shape index (κ3) is 3.81. The van der Waals surface area contributed by atoms with Gasteiger partial charge in [0.15, 0.2) is 6.10 Å². The lowest BCUT2D eigenvalue weighted by molar-refractivity contribution is -0.122. The highest BCUT2D eigenvalue weighted by Crippen LogP contribution is 2.44. The second-order valence-corrected chi connectivity index (χ2v) is 8.68. The lowest BCUT2D eigenvalue weighted by Gasteiger charge is -2.19. The second-order valence-electron chi connectivity index (χ2n) is 8.68. The fourth-order valence-electron chi connectivity index (χ4n) is 4.40. The topological polar surface area (TPSA) is 77.8 Å². The molecule has 0 saturated carbocycles. The van der Waals surface area contributed by atoms with Crippen molar-refractivity contribution in [2.24, 2.45) is 0 Å². The summed E-state index contributed by atoms with van der Waals surface area (Å²) in [7, 11) is 1.59. The Morgan fingerprint density at radius 3 is 2.35 bits per heavy atom. The van der Waals surface area contributed by atoms with E-state index < -0.39 is 17.6 Å². The number of carbonyl (C=O) groups excluding carboxylic acids is 1. The summed E-state index contributed by atoms with van der Waals surface area (Å²) in [5, 5.41) is 3.58. The highest BCUT2D eigenvalue weighted by Gasteiger charge is 2.44. The van der Waals surface area contributed by atoms with Gasteiger partial charge in [0.2, 0.25) is 0 Å². The summed E-state index contributed by atoms with van der Waals surface area (Å²) in [6.07, 6.45) is -0.935. The number of nitrogens with one attached hydrogen (secondary N) is 1. The van der Waals surface area contributed by atoms with E-state index >= 15 is 0 Å². The number of anilines is 1. The Morgan fingerprint density at radius 1 is 0.971 bits per heavy atom. The SMILES string of the molecule is COc1ccc(NC(=O)[C@@H]2Oc3c(c(=O)oc4ccccc34)[C@@H]2c2ccc(C(C)C)cc2)cc1. The van der Waals surface area contributed by atoms with Crippen LogP contribution in [0.1, 0.15) is 42.4 Å². The molecule has 172 valence electrons. The average Bonchev–Trinajstić information content (AvgIpc) is 3.26. The molecule has 1 aromatic heterocycles. The molecule has 0 saturated heterocycles. The van der Waals surface area contributed by atoms with E-state index in [2.05, 4.69) is 19.2 Å². The van der Waals surface area contributed by atoms with Crippen molar-refractivity contribution >= 4 is 22.6 Å². The maximum absolute atomic E-state index is 13.4. The first kappa shape index (κ1) is 21.8. The molecule has 0 spiro atoms. The van der Waals surface area contributed by atoms with E-state index in [1.54, 1.807) is 43.5 Å². The van der Waals surface area contributed by atoms with Gasteiger partial charge in [0.05, 0.1) is 24.0 Å². The number of methoxy groups -OCH3 is 1. The fraction of sp³-hybridized carbons (Fsp3) is 0.214. The minimum Gasteiger partial charge on any atom is -0.497 e. The van der Waals surface area contributed by atoms with E-state index in [0.717, 1.165) is 5.56 Å². The van der Waals surface area contributed by atoms with E-state index in [0.29, 0.717) is 39.6 Å². The Kier molecular flexibility index (Phi) is 5.57. The molecule has 1 amide bonds. The Hall–Kier alpha value is -4.06. The molecule has 6 heteroatoms. The van der Waals surface area contributed by atoms with Crippen LogP contribution in [0, 0.1) is 0 Å². The van der Waals surface area contributed by atoms with Crippen molar-refractivity contribution in [1.82, 2.24) is 0 Å². The zero-order valence-electron chi connectivity index (χ0n) is 19.2. The number of fused-ring (bicyclic) bond motifs is 3.